The first-order chi connectivity index (χ1) is 15.2. The highest BCUT2D eigenvalue weighted by atomic mass is 32.2. The first kappa shape index (κ1) is 23.3. The summed E-state index contributed by atoms with van der Waals surface area (Å²) in [5.41, 5.74) is 2.13. The Morgan fingerprint density at radius 3 is 2.38 bits per heavy atom. The van der Waals surface area contributed by atoms with Crippen LogP contribution in [-0.4, -0.2) is 39.9 Å². The van der Waals surface area contributed by atoms with E-state index in [1.54, 1.807) is 43.3 Å². The molecule has 0 unspecified atom stereocenters. The summed E-state index contributed by atoms with van der Waals surface area (Å²) in [7, 11) is -2.65. The SMILES string of the molecule is CCOc1ccc([C@@H]2NC(=O)NC(CS(=O)(=O)c3ccc(C)cc3C)=C2C(=O)OC)cc1. The van der Waals surface area contributed by atoms with Crippen molar-refractivity contribution >= 4 is 21.8 Å². The Labute approximate surface area is 187 Å². The first-order valence-corrected chi connectivity index (χ1v) is 11.7. The topological polar surface area (TPSA) is 111 Å². The molecule has 2 aromatic carbocycles. The molecule has 2 N–H and O–H groups in total. The van der Waals surface area contributed by atoms with E-state index in [4.69, 9.17) is 9.47 Å². The van der Waals surface area contributed by atoms with E-state index >= 15 is 0 Å². The van der Waals surface area contributed by atoms with Crippen LogP contribution in [0.1, 0.15) is 29.7 Å². The minimum atomic E-state index is -3.85. The summed E-state index contributed by atoms with van der Waals surface area (Å²) in [6.07, 6.45) is 0. The van der Waals surface area contributed by atoms with Gasteiger partial charge in [0.1, 0.15) is 5.75 Å². The van der Waals surface area contributed by atoms with E-state index in [9.17, 15) is 18.0 Å². The van der Waals surface area contributed by atoms with E-state index < -0.39 is 33.6 Å². The molecule has 1 aliphatic heterocycles. The molecule has 0 radical (unpaired) electrons. The Balaban J connectivity index is 2.07. The van der Waals surface area contributed by atoms with Crippen molar-refractivity contribution < 1.29 is 27.5 Å². The third-order valence-corrected chi connectivity index (χ3v) is 6.88. The second-order valence-corrected chi connectivity index (χ2v) is 9.40. The molecule has 0 aromatic heterocycles. The molecule has 0 spiro atoms. The van der Waals surface area contributed by atoms with Gasteiger partial charge >= 0.3 is 12.0 Å². The van der Waals surface area contributed by atoms with E-state index in [0.717, 1.165) is 5.56 Å². The molecule has 8 nitrogen and oxygen atoms in total. The van der Waals surface area contributed by atoms with Crippen LogP contribution in [-0.2, 0) is 19.4 Å². The predicted molar refractivity (Wildman–Crippen MR) is 119 cm³/mol. The lowest BCUT2D eigenvalue weighted by molar-refractivity contribution is -0.136. The number of carbonyl (C=O) groups is 2. The van der Waals surface area contributed by atoms with Crippen LogP contribution >= 0.6 is 0 Å². The standard InChI is InChI=1S/C23H26N2O6S/c1-5-31-17-9-7-16(8-10-17)21-20(22(26)30-4)18(24-23(27)25-21)13-32(28,29)19-11-6-14(2)12-15(19)3/h6-12,21H,5,13H2,1-4H3,(H2,24,25,27)/t21-/m0/s1. The number of hydrogen-bond donors (Lipinski definition) is 2. The lowest BCUT2D eigenvalue weighted by atomic mass is 9.95. The van der Waals surface area contributed by atoms with Gasteiger partial charge in [-0.15, -0.1) is 0 Å². The van der Waals surface area contributed by atoms with Crippen LogP contribution in [0.5, 0.6) is 5.75 Å². The molecule has 0 saturated carbocycles. The van der Waals surface area contributed by atoms with Crippen LogP contribution in [0.25, 0.3) is 0 Å². The summed E-state index contributed by atoms with van der Waals surface area (Å²) in [5.74, 6) is -0.651. The molecule has 0 saturated heterocycles. The van der Waals surface area contributed by atoms with Gasteiger partial charge in [0, 0.05) is 5.70 Å². The zero-order valence-electron chi connectivity index (χ0n) is 18.4. The van der Waals surface area contributed by atoms with E-state index in [1.807, 2.05) is 13.8 Å². The summed E-state index contributed by atoms with van der Waals surface area (Å²) >= 11 is 0. The lowest BCUT2D eigenvalue weighted by Crippen LogP contribution is -2.47. The van der Waals surface area contributed by atoms with Crippen molar-refractivity contribution in [3.63, 3.8) is 0 Å². The molecule has 32 heavy (non-hydrogen) atoms. The van der Waals surface area contributed by atoms with Crippen LogP contribution in [0.4, 0.5) is 4.79 Å². The van der Waals surface area contributed by atoms with Crippen LogP contribution < -0.4 is 15.4 Å². The second-order valence-electron chi connectivity index (χ2n) is 7.45. The van der Waals surface area contributed by atoms with Gasteiger partial charge in [-0.2, -0.15) is 0 Å². The molecule has 0 fully saturated rings. The number of aryl methyl sites for hydroxylation is 2. The van der Waals surface area contributed by atoms with Gasteiger partial charge in [-0.1, -0.05) is 29.8 Å². The Hall–Kier alpha value is -3.33. The normalized spacial score (nSPS) is 16.2. The largest absolute Gasteiger partial charge is 0.494 e. The van der Waals surface area contributed by atoms with Gasteiger partial charge in [-0.25, -0.2) is 18.0 Å². The average Bonchev–Trinajstić information content (AvgIpc) is 2.73. The lowest BCUT2D eigenvalue weighted by Gasteiger charge is -2.29. The Morgan fingerprint density at radius 1 is 1.09 bits per heavy atom. The summed E-state index contributed by atoms with van der Waals surface area (Å²) in [5, 5.41) is 5.17. The monoisotopic (exact) mass is 458 g/mol. The number of benzene rings is 2. The maximum Gasteiger partial charge on any atom is 0.338 e. The quantitative estimate of drug-likeness (QED) is 0.617. The van der Waals surface area contributed by atoms with Crippen molar-refractivity contribution in [3.8, 4) is 5.75 Å². The Morgan fingerprint density at radius 2 is 1.78 bits per heavy atom. The van der Waals surface area contributed by atoms with Crippen molar-refractivity contribution in [3.05, 3.63) is 70.4 Å². The minimum Gasteiger partial charge on any atom is -0.494 e. The van der Waals surface area contributed by atoms with Gasteiger partial charge in [-0.05, 0) is 50.1 Å². The highest BCUT2D eigenvalue weighted by Gasteiger charge is 2.35. The van der Waals surface area contributed by atoms with Crippen molar-refractivity contribution in [2.75, 3.05) is 19.5 Å². The minimum absolute atomic E-state index is 0.0144. The third-order valence-electron chi connectivity index (χ3n) is 5.08. The van der Waals surface area contributed by atoms with Gasteiger partial charge in [0.25, 0.3) is 0 Å². The highest BCUT2D eigenvalue weighted by molar-refractivity contribution is 7.91. The summed E-state index contributed by atoms with van der Waals surface area (Å²) < 4.78 is 36.7. The molecule has 2 aromatic rings. The van der Waals surface area contributed by atoms with Crippen LogP contribution in [0.2, 0.25) is 0 Å². The van der Waals surface area contributed by atoms with Gasteiger partial charge in [0.05, 0.1) is 36.0 Å². The fourth-order valence-electron chi connectivity index (χ4n) is 3.67. The van der Waals surface area contributed by atoms with Gasteiger partial charge in [0.2, 0.25) is 0 Å². The van der Waals surface area contributed by atoms with Gasteiger partial charge in [-0.3, -0.25) is 0 Å². The summed E-state index contributed by atoms with van der Waals surface area (Å²) in [4.78, 5) is 25.2. The molecule has 1 aliphatic rings. The van der Waals surface area contributed by atoms with Crippen molar-refractivity contribution in [1.29, 1.82) is 0 Å². The molecule has 0 aliphatic carbocycles. The summed E-state index contributed by atoms with van der Waals surface area (Å²) in [6, 6.07) is 10.4. The molecule has 1 heterocycles. The predicted octanol–water partition coefficient (Wildman–Crippen LogP) is 2.96. The number of sulfone groups is 1. The van der Waals surface area contributed by atoms with E-state index in [1.165, 1.54) is 13.2 Å². The number of carbonyl (C=O) groups excluding carboxylic acids is 2. The van der Waals surface area contributed by atoms with Crippen LogP contribution in [0, 0.1) is 13.8 Å². The molecule has 0 bridgehead atoms. The number of esters is 1. The average molecular weight is 459 g/mol. The van der Waals surface area contributed by atoms with Crippen LogP contribution in [0.3, 0.4) is 0 Å². The van der Waals surface area contributed by atoms with Gasteiger partial charge < -0.3 is 20.1 Å². The first-order valence-electron chi connectivity index (χ1n) is 10.1. The number of nitrogens with one attached hydrogen (secondary N) is 2. The molecule has 170 valence electrons. The molecule has 2 amide bonds. The smallest absolute Gasteiger partial charge is 0.338 e. The zero-order chi connectivity index (χ0) is 23.5. The third kappa shape index (κ3) is 4.94. The maximum absolute atomic E-state index is 13.2. The molecule has 9 heteroatoms. The highest BCUT2D eigenvalue weighted by Crippen LogP contribution is 2.30. The van der Waals surface area contributed by atoms with E-state index in [-0.39, 0.29) is 16.2 Å². The molecular formula is C23H26N2O6S. The van der Waals surface area contributed by atoms with Crippen molar-refractivity contribution in [2.45, 2.75) is 31.7 Å². The van der Waals surface area contributed by atoms with E-state index in [0.29, 0.717) is 23.5 Å². The number of methoxy groups -OCH3 is 1. The number of rotatable bonds is 7. The number of amides is 2. The van der Waals surface area contributed by atoms with Crippen LogP contribution in [0.15, 0.2) is 58.6 Å². The summed E-state index contributed by atoms with van der Waals surface area (Å²) in [6.45, 7) is 5.94. The Bertz CT molecular complexity index is 1170. The Kier molecular flexibility index (Phi) is 6.88. The van der Waals surface area contributed by atoms with Gasteiger partial charge in [0.15, 0.2) is 9.84 Å². The second kappa shape index (κ2) is 9.44. The number of ether oxygens (including phenoxy) is 2. The number of urea groups is 1. The zero-order valence-corrected chi connectivity index (χ0v) is 19.2. The van der Waals surface area contributed by atoms with Crippen molar-refractivity contribution in [2.24, 2.45) is 0 Å². The fourth-order valence-corrected chi connectivity index (χ4v) is 5.26. The maximum atomic E-state index is 13.2. The van der Waals surface area contributed by atoms with Crippen molar-refractivity contribution in [1.82, 2.24) is 10.6 Å². The number of hydrogen-bond acceptors (Lipinski definition) is 6. The molecular weight excluding hydrogens is 432 g/mol. The molecule has 1 atom stereocenters. The van der Waals surface area contributed by atoms with E-state index in [2.05, 4.69) is 10.6 Å². The molecule has 3 rings (SSSR count). The fraction of sp³-hybridized carbons (Fsp3) is 0.304.